The summed E-state index contributed by atoms with van der Waals surface area (Å²) in [4.78, 5) is 22.3. The van der Waals surface area contributed by atoms with Crippen molar-refractivity contribution in [2.75, 3.05) is 33.1 Å². The fourth-order valence-corrected chi connectivity index (χ4v) is 3.06. The minimum absolute atomic E-state index is 0.0787. The third-order valence-electron chi connectivity index (χ3n) is 4.73. The monoisotopic (exact) mass is 374 g/mol. The Morgan fingerprint density at radius 2 is 1.93 bits per heavy atom. The summed E-state index contributed by atoms with van der Waals surface area (Å²) in [5.74, 6) is 1.50. The summed E-state index contributed by atoms with van der Waals surface area (Å²) in [6.45, 7) is -0.0787. The van der Waals surface area contributed by atoms with E-state index in [9.17, 15) is 9.90 Å². The molecule has 146 valence electrons. The quantitative estimate of drug-likeness (QED) is 0.796. The van der Waals surface area contributed by atoms with E-state index in [1.54, 1.807) is 39.5 Å². The van der Waals surface area contributed by atoms with Crippen LogP contribution >= 0.6 is 0 Å². The van der Waals surface area contributed by atoms with Crippen molar-refractivity contribution < 1.29 is 19.4 Å². The van der Waals surface area contributed by atoms with Gasteiger partial charge < -0.3 is 24.8 Å². The van der Waals surface area contributed by atoms with Crippen LogP contribution in [0.2, 0.25) is 0 Å². The zero-order valence-electron chi connectivity index (χ0n) is 15.9. The largest absolute Gasteiger partial charge is 0.493 e. The standard InChI is InChI=1S/C19H26N4O4/c1-23(2)19(25)11-27-17-9-15-14(8-16(17)26-3)20-10-18(22-15)21-12-4-6-13(24)7-5-12/h8-10,12-13,24H,4-7,11H2,1-3H3,(H,21,22)/t12-,13-. The van der Waals surface area contributed by atoms with Gasteiger partial charge in [0.25, 0.3) is 5.91 Å². The Bertz CT molecular complexity index is 804. The molecule has 1 aromatic carbocycles. The van der Waals surface area contributed by atoms with Crippen molar-refractivity contribution in [1.29, 1.82) is 0 Å². The van der Waals surface area contributed by atoms with Gasteiger partial charge >= 0.3 is 0 Å². The van der Waals surface area contributed by atoms with Crippen LogP contribution < -0.4 is 14.8 Å². The number of nitrogens with one attached hydrogen (secondary N) is 1. The van der Waals surface area contributed by atoms with Gasteiger partial charge in [0.15, 0.2) is 18.1 Å². The second-order valence-corrected chi connectivity index (χ2v) is 6.97. The summed E-state index contributed by atoms with van der Waals surface area (Å²) < 4.78 is 11.0. The molecule has 8 nitrogen and oxygen atoms in total. The van der Waals surface area contributed by atoms with Gasteiger partial charge in [-0.2, -0.15) is 0 Å². The van der Waals surface area contributed by atoms with E-state index >= 15 is 0 Å². The Morgan fingerprint density at radius 1 is 1.22 bits per heavy atom. The van der Waals surface area contributed by atoms with Crippen LogP contribution in [-0.4, -0.2) is 65.8 Å². The van der Waals surface area contributed by atoms with Crippen molar-refractivity contribution in [3.8, 4) is 11.5 Å². The first kappa shape index (κ1) is 19.2. The van der Waals surface area contributed by atoms with Crippen LogP contribution in [0.5, 0.6) is 11.5 Å². The van der Waals surface area contributed by atoms with E-state index in [1.807, 2.05) is 0 Å². The third-order valence-corrected chi connectivity index (χ3v) is 4.73. The number of hydrogen-bond acceptors (Lipinski definition) is 7. The second kappa shape index (κ2) is 8.39. The third kappa shape index (κ3) is 4.77. The molecule has 1 amide bonds. The first-order valence-corrected chi connectivity index (χ1v) is 9.08. The molecule has 0 unspecified atom stereocenters. The fraction of sp³-hybridized carbons (Fsp3) is 0.526. The predicted octanol–water partition coefficient (Wildman–Crippen LogP) is 1.82. The van der Waals surface area contributed by atoms with Gasteiger partial charge in [0.2, 0.25) is 0 Å². The number of carbonyl (C=O) groups excluding carboxylic acids is 1. The van der Waals surface area contributed by atoms with Gasteiger partial charge in [-0.1, -0.05) is 0 Å². The summed E-state index contributed by atoms with van der Waals surface area (Å²) in [6, 6.07) is 3.77. The molecule has 0 saturated heterocycles. The van der Waals surface area contributed by atoms with Crippen LogP contribution in [0, 0.1) is 0 Å². The lowest BCUT2D eigenvalue weighted by molar-refractivity contribution is -0.130. The van der Waals surface area contributed by atoms with Crippen molar-refractivity contribution in [3.05, 3.63) is 18.3 Å². The molecule has 0 spiro atoms. The summed E-state index contributed by atoms with van der Waals surface area (Å²) >= 11 is 0. The molecule has 2 N–H and O–H groups in total. The highest BCUT2D eigenvalue weighted by molar-refractivity contribution is 5.81. The molecule has 8 heteroatoms. The summed E-state index contributed by atoms with van der Waals surface area (Å²) in [7, 11) is 4.90. The lowest BCUT2D eigenvalue weighted by Crippen LogP contribution is -2.28. The Balaban J connectivity index is 1.78. The van der Waals surface area contributed by atoms with Gasteiger partial charge in [-0.25, -0.2) is 4.98 Å². The number of amides is 1. The zero-order chi connectivity index (χ0) is 19.4. The Hall–Kier alpha value is -2.61. The predicted molar refractivity (Wildman–Crippen MR) is 102 cm³/mol. The minimum Gasteiger partial charge on any atom is -0.493 e. The highest BCUT2D eigenvalue weighted by Gasteiger charge is 2.20. The van der Waals surface area contributed by atoms with Crippen molar-refractivity contribution in [3.63, 3.8) is 0 Å². The minimum atomic E-state index is -0.192. The maximum Gasteiger partial charge on any atom is 0.259 e. The van der Waals surface area contributed by atoms with Crippen LogP contribution in [0.15, 0.2) is 18.3 Å². The van der Waals surface area contributed by atoms with E-state index in [4.69, 9.17) is 9.47 Å². The highest BCUT2D eigenvalue weighted by Crippen LogP contribution is 2.31. The number of benzene rings is 1. The number of hydrogen-bond donors (Lipinski definition) is 2. The molecule has 27 heavy (non-hydrogen) atoms. The molecule has 2 aromatic rings. The summed E-state index contributed by atoms with van der Waals surface area (Å²) in [5, 5.41) is 13.0. The van der Waals surface area contributed by atoms with E-state index < -0.39 is 0 Å². The topological polar surface area (TPSA) is 96.8 Å². The smallest absolute Gasteiger partial charge is 0.259 e. The maximum absolute atomic E-state index is 11.8. The van der Waals surface area contributed by atoms with E-state index in [2.05, 4.69) is 15.3 Å². The lowest BCUT2D eigenvalue weighted by atomic mass is 9.93. The van der Waals surface area contributed by atoms with Gasteiger partial charge in [-0.15, -0.1) is 0 Å². The van der Waals surface area contributed by atoms with Crippen LogP contribution in [-0.2, 0) is 4.79 Å². The maximum atomic E-state index is 11.8. The number of rotatable bonds is 6. The van der Waals surface area contributed by atoms with Crippen molar-refractivity contribution >= 4 is 22.8 Å². The molecule has 0 aliphatic heterocycles. The van der Waals surface area contributed by atoms with E-state index in [1.165, 1.54) is 4.90 Å². The van der Waals surface area contributed by atoms with E-state index in [0.717, 1.165) is 25.7 Å². The van der Waals surface area contributed by atoms with Gasteiger partial charge in [0.05, 0.1) is 30.4 Å². The van der Waals surface area contributed by atoms with Gasteiger partial charge in [-0.05, 0) is 25.7 Å². The number of fused-ring (bicyclic) bond motifs is 1. The summed E-state index contributed by atoms with van der Waals surface area (Å²) in [6.07, 6.45) is 4.92. The lowest BCUT2D eigenvalue weighted by Gasteiger charge is -2.26. The average molecular weight is 374 g/mol. The molecule has 1 saturated carbocycles. The first-order chi connectivity index (χ1) is 13.0. The molecule has 1 aliphatic carbocycles. The average Bonchev–Trinajstić information content (AvgIpc) is 2.67. The summed E-state index contributed by atoms with van der Waals surface area (Å²) in [5.41, 5.74) is 1.34. The second-order valence-electron chi connectivity index (χ2n) is 6.97. The molecule has 1 aromatic heterocycles. The van der Waals surface area contributed by atoms with Crippen molar-refractivity contribution in [1.82, 2.24) is 14.9 Å². The number of nitrogens with zero attached hydrogens (tertiary/aromatic N) is 3. The van der Waals surface area contributed by atoms with Gasteiger partial charge in [0, 0.05) is 32.3 Å². The molecular formula is C19H26N4O4. The molecule has 1 fully saturated rings. The van der Waals surface area contributed by atoms with Crippen LogP contribution in [0.1, 0.15) is 25.7 Å². The van der Waals surface area contributed by atoms with E-state index in [0.29, 0.717) is 28.4 Å². The molecular weight excluding hydrogens is 348 g/mol. The molecule has 0 bridgehead atoms. The molecule has 0 radical (unpaired) electrons. The zero-order valence-corrected chi connectivity index (χ0v) is 15.9. The highest BCUT2D eigenvalue weighted by atomic mass is 16.5. The molecule has 3 rings (SSSR count). The molecule has 0 atom stereocenters. The Morgan fingerprint density at radius 3 is 2.59 bits per heavy atom. The fourth-order valence-electron chi connectivity index (χ4n) is 3.06. The van der Waals surface area contributed by atoms with Crippen LogP contribution in [0.25, 0.3) is 11.0 Å². The first-order valence-electron chi connectivity index (χ1n) is 9.08. The molecule has 1 aliphatic rings. The van der Waals surface area contributed by atoms with Crippen LogP contribution in [0.3, 0.4) is 0 Å². The molecule has 1 heterocycles. The van der Waals surface area contributed by atoms with Crippen molar-refractivity contribution in [2.24, 2.45) is 0 Å². The Labute approximate surface area is 158 Å². The SMILES string of the molecule is COc1cc2ncc(N[C@H]3CC[C@H](O)CC3)nc2cc1OCC(=O)N(C)C. The number of aliphatic hydroxyl groups is 1. The van der Waals surface area contributed by atoms with Gasteiger partial charge in [0.1, 0.15) is 5.82 Å². The number of ether oxygens (including phenoxy) is 2. The Kier molecular flexibility index (Phi) is 5.95. The van der Waals surface area contributed by atoms with Crippen LogP contribution in [0.4, 0.5) is 5.82 Å². The number of aliphatic hydroxyl groups excluding tert-OH is 1. The number of aromatic nitrogens is 2. The van der Waals surface area contributed by atoms with Crippen molar-refractivity contribution in [2.45, 2.75) is 37.8 Å². The number of carbonyl (C=O) groups is 1. The van der Waals surface area contributed by atoms with Gasteiger partial charge in [-0.3, -0.25) is 9.78 Å². The number of methoxy groups -OCH3 is 1. The normalized spacial score (nSPS) is 19.6. The number of anilines is 1. The number of likely N-dealkylation sites (N-methyl/N-ethyl adjacent to an activating group) is 1. The van der Waals surface area contributed by atoms with E-state index in [-0.39, 0.29) is 24.7 Å².